The van der Waals surface area contributed by atoms with Gasteiger partial charge in [-0.2, -0.15) is 0 Å². The Hall–Kier alpha value is -2.41. The molecule has 0 radical (unpaired) electrons. The van der Waals surface area contributed by atoms with E-state index in [2.05, 4.69) is 38.2 Å². The second-order valence-corrected chi connectivity index (χ2v) is 10.4. The third-order valence-electron chi connectivity index (χ3n) is 6.24. The monoisotopic (exact) mass is 599 g/mol. The van der Waals surface area contributed by atoms with Gasteiger partial charge in [-0.15, -0.1) is 0 Å². The highest BCUT2D eigenvalue weighted by atomic mass is 127. The average molecular weight is 600 g/mol. The van der Waals surface area contributed by atoms with Gasteiger partial charge in [-0.3, -0.25) is 19.4 Å². The van der Waals surface area contributed by atoms with Crippen LogP contribution in [0, 0.1) is 9.49 Å². The van der Waals surface area contributed by atoms with Crippen molar-refractivity contribution in [2.45, 2.75) is 75.9 Å². The number of nitrogens with two attached hydrogens (primary N) is 4. The van der Waals surface area contributed by atoms with E-state index < -0.39 is 35.8 Å². The zero-order chi connectivity index (χ0) is 25.8. The number of hydrogen-bond donors (Lipinski definition) is 6. The molecule has 2 rings (SSSR count). The highest BCUT2D eigenvalue weighted by Gasteiger charge is 2.30. The fraction of sp³-hybridized carbons (Fsp3) is 0.583. The van der Waals surface area contributed by atoms with Crippen LogP contribution < -0.4 is 33.6 Å². The Bertz CT molecular complexity index is 868. The van der Waals surface area contributed by atoms with Crippen molar-refractivity contribution in [3.63, 3.8) is 0 Å². The molecule has 0 bridgehead atoms. The second-order valence-electron chi connectivity index (χ2n) is 9.15. The van der Waals surface area contributed by atoms with Crippen LogP contribution in [0.2, 0.25) is 0 Å². The highest BCUT2D eigenvalue weighted by molar-refractivity contribution is 14.1. The standard InChI is InChI=1S/C24H38IN7O3/c25-17-10-8-16(9-11-17)13-19(21(27)33)31-23(35)20(14-15-5-2-1-3-6-15)32-22(34)18(26)7-4-12-30-24(28)29/h8-11,15,18-20H,1-7,12-14,26H2,(H2,27,33)(H,31,35)(H,32,34)(H4,28,29,30)/t18-,19-,20-/m0/s1. The smallest absolute Gasteiger partial charge is 0.243 e. The van der Waals surface area contributed by atoms with E-state index >= 15 is 0 Å². The summed E-state index contributed by atoms with van der Waals surface area (Å²) >= 11 is 2.20. The van der Waals surface area contributed by atoms with Crippen molar-refractivity contribution < 1.29 is 14.4 Å². The van der Waals surface area contributed by atoms with E-state index in [4.69, 9.17) is 22.9 Å². The van der Waals surface area contributed by atoms with Gasteiger partial charge in [-0.1, -0.05) is 44.2 Å². The van der Waals surface area contributed by atoms with Crippen molar-refractivity contribution in [1.29, 1.82) is 0 Å². The van der Waals surface area contributed by atoms with Crippen LogP contribution in [0.25, 0.3) is 0 Å². The van der Waals surface area contributed by atoms with Gasteiger partial charge < -0.3 is 33.6 Å². The first-order valence-corrected chi connectivity index (χ1v) is 13.2. The Balaban J connectivity index is 2.05. The van der Waals surface area contributed by atoms with Crippen LogP contribution >= 0.6 is 22.6 Å². The number of aliphatic imine (C=N–C) groups is 1. The Morgan fingerprint density at radius 1 is 0.971 bits per heavy atom. The third-order valence-corrected chi connectivity index (χ3v) is 6.96. The summed E-state index contributed by atoms with van der Waals surface area (Å²) in [4.78, 5) is 42.0. The summed E-state index contributed by atoms with van der Waals surface area (Å²) in [5.74, 6) is -1.16. The SMILES string of the molecule is NC(=O)[C@H](Cc1ccc(I)cc1)NC(=O)[C@H](CC1CCCCC1)NC(=O)[C@@H](N)CCCN=C(N)N. The molecule has 194 valence electrons. The van der Waals surface area contributed by atoms with Crippen LogP contribution in [0.1, 0.15) is 56.9 Å². The predicted octanol–water partition coefficient (Wildman–Crippen LogP) is 0.640. The molecule has 1 aromatic rings. The number of carbonyl (C=O) groups is 3. The van der Waals surface area contributed by atoms with Crippen LogP contribution in [-0.4, -0.2) is 48.4 Å². The van der Waals surface area contributed by atoms with E-state index in [-0.39, 0.29) is 12.4 Å². The summed E-state index contributed by atoms with van der Waals surface area (Å²) in [6.45, 7) is 0.369. The zero-order valence-electron chi connectivity index (χ0n) is 20.0. The molecule has 0 aliphatic heterocycles. The number of guanidine groups is 1. The summed E-state index contributed by atoms with van der Waals surface area (Å²) in [6, 6.07) is 5.16. The fourth-order valence-corrected chi connectivity index (χ4v) is 4.63. The number of nitrogens with zero attached hydrogens (tertiary/aromatic N) is 1. The van der Waals surface area contributed by atoms with Gasteiger partial charge in [-0.25, -0.2) is 0 Å². The van der Waals surface area contributed by atoms with Crippen molar-refractivity contribution in [2.24, 2.45) is 33.8 Å². The molecule has 1 aliphatic carbocycles. The number of benzene rings is 1. The van der Waals surface area contributed by atoms with Crippen molar-refractivity contribution in [2.75, 3.05) is 6.54 Å². The van der Waals surface area contributed by atoms with Gasteiger partial charge in [0.25, 0.3) is 0 Å². The first-order chi connectivity index (χ1) is 16.7. The molecule has 0 unspecified atom stereocenters. The first kappa shape index (κ1) is 28.8. The van der Waals surface area contributed by atoms with Crippen LogP contribution in [0.4, 0.5) is 0 Å². The maximum Gasteiger partial charge on any atom is 0.243 e. The van der Waals surface area contributed by atoms with E-state index in [0.717, 1.165) is 34.8 Å². The van der Waals surface area contributed by atoms with Crippen LogP contribution in [0.5, 0.6) is 0 Å². The summed E-state index contributed by atoms with van der Waals surface area (Å²) in [5, 5.41) is 5.58. The lowest BCUT2D eigenvalue weighted by atomic mass is 9.84. The number of amides is 3. The van der Waals surface area contributed by atoms with Gasteiger partial charge in [0, 0.05) is 16.5 Å². The van der Waals surface area contributed by atoms with E-state index in [9.17, 15) is 14.4 Å². The number of nitrogens with one attached hydrogen (secondary N) is 2. The topological polar surface area (TPSA) is 192 Å². The largest absolute Gasteiger partial charge is 0.370 e. The molecule has 10 N–H and O–H groups in total. The molecule has 11 heteroatoms. The zero-order valence-corrected chi connectivity index (χ0v) is 22.2. The normalized spacial score (nSPS) is 16.5. The van der Waals surface area contributed by atoms with E-state index in [1.54, 1.807) is 0 Å². The molecule has 0 aromatic heterocycles. The summed E-state index contributed by atoms with van der Waals surface area (Å²) in [7, 11) is 0. The van der Waals surface area contributed by atoms with Crippen molar-refractivity contribution in [3.8, 4) is 0 Å². The minimum atomic E-state index is -0.887. The number of hydrogen-bond acceptors (Lipinski definition) is 5. The summed E-state index contributed by atoms with van der Waals surface area (Å²) in [5.41, 5.74) is 23.2. The Labute approximate surface area is 220 Å². The molecule has 1 saturated carbocycles. The van der Waals surface area contributed by atoms with Gasteiger partial charge in [0.1, 0.15) is 12.1 Å². The summed E-state index contributed by atoms with van der Waals surface area (Å²) < 4.78 is 1.07. The third kappa shape index (κ3) is 10.8. The maximum atomic E-state index is 13.2. The van der Waals surface area contributed by atoms with Gasteiger partial charge >= 0.3 is 0 Å². The maximum absolute atomic E-state index is 13.2. The molecule has 0 heterocycles. The van der Waals surface area contributed by atoms with Gasteiger partial charge in [-0.05, 0) is 65.5 Å². The Kier molecular flexibility index (Phi) is 12.2. The van der Waals surface area contributed by atoms with Crippen LogP contribution in [0.15, 0.2) is 29.3 Å². The molecule has 1 aromatic carbocycles. The van der Waals surface area contributed by atoms with E-state index in [1.807, 2.05) is 24.3 Å². The molecule has 0 spiro atoms. The van der Waals surface area contributed by atoms with Gasteiger partial charge in [0.2, 0.25) is 17.7 Å². The highest BCUT2D eigenvalue weighted by Crippen LogP contribution is 2.27. The van der Waals surface area contributed by atoms with Crippen molar-refractivity contribution >= 4 is 46.3 Å². The number of halogens is 1. The molecule has 3 amide bonds. The Morgan fingerprint density at radius 3 is 2.20 bits per heavy atom. The lowest BCUT2D eigenvalue weighted by Gasteiger charge is -2.28. The minimum Gasteiger partial charge on any atom is -0.370 e. The first-order valence-electron chi connectivity index (χ1n) is 12.1. The molecule has 3 atom stereocenters. The average Bonchev–Trinajstić information content (AvgIpc) is 2.82. The lowest BCUT2D eigenvalue weighted by Crippen LogP contribution is -2.56. The quantitative estimate of drug-likeness (QED) is 0.0834. The second kappa shape index (κ2) is 14.9. The van der Waals surface area contributed by atoms with Gasteiger partial charge in [0.05, 0.1) is 6.04 Å². The Morgan fingerprint density at radius 2 is 1.60 bits per heavy atom. The molecule has 10 nitrogen and oxygen atoms in total. The molecular weight excluding hydrogens is 561 g/mol. The van der Waals surface area contributed by atoms with Gasteiger partial charge in [0.15, 0.2) is 5.96 Å². The summed E-state index contributed by atoms with van der Waals surface area (Å²) in [6.07, 6.45) is 7.07. The fourth-order valence-electron chi connectivity index (χ4n) is 4.27. The molecule has 0 saturated heterocycles. The van der Waals surface area contributed by atoms with E-state index in [1.165, 1.54) is 6.42 Å². The van der Waals surface area contributed by atoms with E-state index in [0.29, 0.717) is 31.7 Å². The number of carbonyl (C=O) groups excluding carboxylic acids is 3. The van der Waals surface area contributed by atoms with Crippen LogP contribution in [0.3, 0.4) is 0 Å². The number of primary amides is 1. The van der Waals surface area contributed by atoms with Crippen LogP contribution in [-0.2, 0) is 20.8 Å². The van der Waals surface area contributed by atoms with Crippen molar-refractivity contribution in [3.05, 3.63) is 33.4 Å². The molecular formula is C24H38IN7O3. The molecule has 1 aliphatic rings. The number of rotatable bonds is 13. The minimum absolute atomic E-state index is 0.0125. The molecule has 1 fully saturated rings. The lowest BCUT2D eigenvalue weighted by molar-refractivity contribution is -0.132. The predicted molar refractivity (Wildman–Crippen MR) is 145 cm³/mol. The van der Waals surface area contributed by atoms with Crippen molar-refractivity contribution in [1.82, 2.24) is 10.6 Å². The molecule has 35 heavy (non-hydrogen) atoms.